The van der Waals surface area contributed by atoms with Crippen molar-refractivity contribution in [3.8, 4) is 0 Å². The summed E-state index contributed by atoms with van der Waals surface area (Å²) in [5.41, 5.74) is 1.86. The van der Waals surface area contributed by atoms with Gasteiger partial charge < -0.3 is 19.5 Å². The highest BCUT2D eigenvalue weighted by Crippen LogP contribution is 2.23. The van der Waals surface area contributed by atoms with Crippen LogP contribution >= 0.6 is 0 Å². The van der Waals surface area contributed by atoms with Crippen LogP contribution in [0.4, 0.5) is 11.4 Å². The summed E-state index contributed by atoms with van der Waals surface area (Å²) in [5.74, 6) is -0.109. The first-order valence-corrected chi connectivity index (χ1v) is 6.86. The first kappa shape index (κ1) is 13.6. The van der Waals surface area contributed by atoms with Gasteiger partial charge in [-0.2, -0.15) is 0 Å². The first-order valence-electron chi connectivity index (χ1n) is 6.86. The van der Waals surface area contributed by atoms with Crippen LogP contribution < -0.4 is 10.2 Å². The lowest BCUT2D eigenvalue weighted by atomic mass is 10.2. The second-order valence-corrected chi connectivity index (χ2v) is 4.97. The van der Waals surface area contributed by atoms with Crippen LogP contribution in [0.3, 0.4) is 0 Å². The molecule has 0 radical (unpaired) electrons. The molecule has 21 heavy (non-hydrogen) atoms. The highest BCUT2D eigenvalue weighted by Gasteiger charge is 2.22. The molecule has 1 saturated heterocycles. The number of hydrogen-bond donors (Lipinski definition) is 1. The van der Waals surface area contributed by atoms with E-state index in [-0.39, 0.29) is 11.7 Å². The summed E-state index contributed by atoms with van der Waals surface area (Å²) in [6, 6.07) is 9.27. The van der Waals surface area contributed by atoms with Crippen LogP contribution in [-0.2, 0) is 4.74 Å². The van der Waals surface area contributed by atoms with Gasteiger partial charge in [0.15, 0.2) is 0 Å². The van der Waals surface area contributed by atoms with Crippen LogP contribution in [-0.4, -0.2) is 37.4 Å². The molecule has 6 nitrogen and oxygen atoms in total. The van der Waals surface area contributed by atoms with Crippen molar-refractivity contribution in [1.82, 2.24) is 5.16 Å². The SMILES string of the molecule is COC1CCN(c2ccc(NC(=O)c3ccno3)cc2)C1. The normalized spacial score (nSPS) is 18.0. The number of amides is 1. The summed E-state index contributed by atoms with van der Waals surface area (Å²) < 4.78 is 10.2. The fourth-order valence-electron chi connectivity index (χ4n) is 2.44. The van der Waals surface area contributed by atoms with Gasteiger partial charge in [-0.1, -0.05) is 5.16 Å². The van der Waals surface area contributed by atoms with E-state index in [0.717, 1.165) is 30.9 Å². The average Bonchev–Trinajstić information content (AvgIpc) is 3.19. The Bertz CT molecular complexity index is 595. The number of benzene rings is 1. The van der Waals surface area contributed by atoms with Gasteiger partial charge in [0.2, 0.25) is 5.76 Å². The Morgan fingerprint density at radius 2 is 2.19 bits per heavy atom. The molecule has 1 unspecified atom stereocenters. The second kappa shape index (κ2) is 5.97. The lowest BCUT2D eigenvalue weighted by Crippen LogP contribution is -2.22. The van der Waals surface area contributed by atoms with E-state index in [2.05, 4.69) is 15.4 Å². The number of nitrogens with one attached hydrogen (secondary N) is 1. The van der Waals surface area contributed by atoms with Crippen molar-refractivity contribution < 1.29 is 14.1 Å². The van der Waals surface area contributed by atoms with Crippen molar-refractivity contribution in [2.24, 2.45) is 0 Å². The van der Waals surface area contributed by atoms with Crippen molar-refractivity contribution in [2.75, 3.05) is 30.4 Å². The molecule has 0 aliphatic carbocycles. The number of methoxy groups -OCH3 is 1. The third kappa shape index (κ3) is 3.05. The summed E-state index contributed by atoms with van der Waals surface area (Å²) >= 11 is 0. The molecule has 1 aromatic carbocycles. The largest absolute Gasteiger partial charge is 0.380 e. The summed E-state index contributed by atoms with van der Waals surface area (Å²) in [6.07, 6.45) is 2.79. The Balaban J connectivity index is 1.63. The number of hydrogen-bond acceptors (Lipinski definition) is 5. The smallest absolute Gasteiger partial charge is 0.294 e. The van der Waals surface area contributed by atoms with E-state index < -0.39 is 0 Å². The molecule has 1 amide bonds. The first-order chi connectivity index (χ1) is 10.3. The molecule has 1 atom stereocenters. The number of rotatable bonds is 4. The molecule has 0 saturated carbocycles. The van der Waals surface area contributed by atoms with E-state index in [1.165, 1.54) is 12.3 Å². The highest BCUT2D eigenvalue weighted by molar-refractivity contribution is 6.02. The molecule has 1 aliphatic heterocycles. The molecule has 0 bridgehead atoms. The fraction of sp³-hybridized carbons (Fsp3) is 0.333. The van der Waals surface area contributed by atoms with Gasteiger partial charge in [0.05, 0.1) is 12.3 Å². The number of ether oxygens (including phenoxy) is 1. The zero-order valence-corrected chi connectivity index (χ0v) is 11.8. The molecular formula is C15H17N3O3. The Morgan fingerprint density at radius 1 is 1.38 bits per heavy atom. The minimum absolute atomic E-state index is 0.196. The van der Waals surface area contributed by atoms with E-state index in [1.54, 1.807) is 7.11 Å². The van der Waals surface area contributed by atoms with Crippen LogP contribution in [0.25, 0.3) is 0 Å². The minimum Gasteiger partial charge on any atom is -0.380 e. The van der Waals surface area contributed by atoms with Gasteiger partial charge in [-0.25, -0.2) is 0 Å². The van der Waals surface area contributed by atoms with Crippen LogP contribution in [0.15, 0.2) is 41.1 Å². The number of anilines is 2. The molecule has 6 heteroatoms. The fourth-order valence-corrected chi connectivity index (χ4v) is 2.44. The molecule has 1 aromatic heterocycles. The minimum atomic E-state index is -0.305. The van der Waals surface area contributed by atoms with Gasteiger partial charge in [0, 0.05) is 37.6 Å². The van der Waals surface area contributed by atoms with Gasteiger partial charge in [-0.05, 0) is 30.7 Å². The van der Waals surface area contributed by atoms with E-state index in [1.807, 2.05) is 24.3 Å². The molecule has 0 spiro atoms. The number of carbonyl (C=O) groups excluding carboxylic acids is 1. The van der Waals surface area contributed by atoms with Crippen molar-refractivity contribution in [3.63, 3.8) is 0 Å². The summed E-state index contributed by atoms with van der Waals surface area (Å²) in [4.78, 5) is 14.1. The average molecular weight is 287 g/mol. The zero-order valence-electron chi connectivity index (χ0n) is 11.8. The third-order valence-electron chi connectivity index (χ3n) is 3.63. The molecule has 2 heterocycles. The van der Waals surface area contributed by atoms with Gasteiger partial charge >= 0.3 is 0 Å². The van der Waals surface area contributed by atoms with E-state index in [9.17, 15) is 4.79 Å². The molecule has 1 N–H and O–H groups in total. The maximum absolute atomic E-state index is 11.8. The predicted octanol–water partition coefficient (Wildman–Crippen LogP) is 2.15. The monoisotopic (exact) mass is 287 g/mol. The Hall–Kier alpha value is -2.34. The Morgan fingerprint density at radius 3 is 2.81 bits per heavy atom. The van der Waals surface area contributed by atoms with Crippen molar-refractivity contribution in [3.05, 3.63) is 42.3 Å². The predicted molar refractivity (Wildman–Crippen MR) is 78.5 cm³/mol. The van der Waals surface area contributed by atoms with E-state index in [4.69, 9.17) is 9.26 Å². The van der Waals surface area contributed by atoms with Gasteiger partial charge in [0.1, 0.15) is 0 Å². The van der Waals surface area contributed by atoms with Gasteiger partial charge in [-0.15, -0.1) is 0 Å². The number of aromatic nitrogens is 1. The molecule has 1 fully saturated rings. The third-order valence-corrected chi connectivity index (χ3v) is 3.63. The maximum Gasteiger partial charge on any atom is 0.294 e. The molecule has 3 rings (SSSR count). The summed E-state index contributed by atoms with van der Waals surface area (Å²) in [6.45, 7) is 1.89. The standard InChI is InChI=1S/C15H17N3O3/c1-20-13-7-9-18(10-13)12-4-2-11(3-5-12)17-15(19)14-6-8-16-21-14/h2-6,8,13H,7,9-10H2,1H3,(H,17,19). The van der Waals surface area contributed by atoms with Crippen molar-refractivity contribution >= 4 is 17.3 Å². The summed E-state index contributed by atoms with van der Waals surface area (Å²) in [5, 5.41) is 6.28. The second-order valence-electron chi connectivity index (χ2n) is 4.97. The number of carbonyl (C=O) groups is 1. The molecule has 2 aromatic rings. The quantitative estimate of drug-likeness (QED) is 0.933. The lowest BCUT2D eigenvalue weighted by Gasteiger charge is -2.18. The Labute approximate surface area is 122 Å². The summed E-state index contributed by atoms with van der Waals surface area (Å²) in [7, 11) is 1.75. The molecule has 110 valence electrons. The van der Waals surface area contributed by atoms with Gasteiger partial charge in [-0.3, -0.25) is 4.79 Å². The highest BCUT2D eigenvalue weighted by atomic mass is 16.5. The molecule has 1 aliphatic rings. The van der Waals surface area contributed by atoms with Crippen LogP contribution in [0.5, 0.6) is 0 Å². The van der Waals surface area contributed by atoms with Crippen LogP contribution in [0, 0.1) is 0 Å². The topological polar surface area (TPSA) is 67.6 Å². The van der Waals surface area contributed by atoms with E-state index >= 15 is 0 Å². The maximum atomic E-state index is 11.8. The van der Waals surface area contributed by atoms with Crippen LogP contribution in [0.1, 0.15) is 17.0 Å². The zero-order chi connectivity index (χ0) is 14.7. The number of nitrogens with zero attached hydrogens (tertiary/aromatic N) is 2. The van der Waals surface area contributed by atoms with Gasteiger partial charge in [0.25, 0.3) is 5.91 Å². The van der Waals surface area contributed by atoms with Crippen LogP contribution in [0.2, 0.25) is 0 Å². The lowest BCUT2D eigenvalue weighted by molar-refractivity contribution is 0.0988. The van der Waals surface area contributed by atoms with E-state index in [0.29, 0.717) is 6.10 Å². The molecular weight excluding hydrogens is 270 g/mol. The van der Waals surface area contributed by atoms with Crippen molar-refractivity contribution in [1.29, 1.82) is 0 Å². The van der Waals surface area contributed by atoms with Crippen molar-refractivity contribution in [2.45, 2.75) is 12.5 Å². The Kier molecular flexibility index (Phi) is 3.87.